The third kappa shape index (κ3) is 3.86. The molecule has 0 unspecified atom stereocenters. The number of benzene rings is 2. The molecular weight excluding hydrogens is 326 g/mol. The SMILES string of the molecule is Cc1ccc(C)c(Oc2ccc(Br)cc2CNC2CC2)c1. The highest BCUT2D eigenvalue weighted by Gasteiger charge is 2.20. The molecule has 1 fully saturated rings. The molecule has 0 amide bonds. The van der Waals surface area contributed by atoms with Crippen molar-refractivity contribution in [2.24, 2.45) is 0 Å². The lowest BCUT2D eigenvalue weighted by atomic mass is 10.1. The highest BCUT2D eigenvalue weighted by Crippen LogP contribution is 2.31. The molecule has 0 atom stereocenters. The summed E-state index contributed by atoms with van der Waals surface area (Å²) >= 11 is 3.55. The number of nitrogens with one attached hydrogen (secondary N) is 1. The maximum atomic E-state index is 6.17. The molecule has 2 nitrogen and oxygen atoms in total. The molecule has 1 N–H and O–H groups in total. The summed E-state index contributed by atoms with van der Waals surface area (Å²) < 4.78 is 7.25. The fourth-order valence-electron chi connectivity index (χ4n) is 2.26. The van der Waals surface area contributed by atoms with Gasteiger partial charge in [0, 0.05) is 22.6 Å². The average Bonchev–Trinajstić information content (AvgIpc) is 3.27. The molecule has 1 saturated carbocycles. The Morgan fingerprint density at radius 2 is 1.90 bits per heavy atom. The second-order valence-electron chi connectivity index (χ2n) is 5.78. The molecule has 0 aliphatic heterocycles. The van der Waals surface area contributed by atoms with Crippen molar-refractivity contribution in [2.75, 3.05) is 0 Å². The van der Waals surface area contributed by atoms with Gasteiger partial charge < -0.3 is 10.1 Å². The predicted octanol–water partition coefficient (Wildman–Crippen LogP) is 5.11. The number of ether oxygens (including phenoxy) is 1. The van der Waals surface area contributed by atoms with Crippen LogP contribution in [0.25, 0.3) is 0 Å². The summed E-state index contributed by atoms with van der Waals surface area (Å²) in [5.41, 5.74) is 3.56. The Morgan fingerprint density at radius 3 is 2.67 bits per heavy atom. The van der Waals surface area contributed by atoms with E-state index in [1.165, 1.54) is 24.0 Å². The summed E-state index contributed by atoms with van der Waals surface area (Å²) in [4.78, 5) is 0. The van der Waals surface area contributed by atoms with E-state index in [1.54, 1.807) is 0 Å². The third-order valence-electron chi connectivity index (χ3n) is 3.74. The fourth-order valence-corrected chi connectivity index (χ4v) is 2.67. The summed E-state index contributed by atoms with van der Waals surface area (Å²) in [7, 11) is 0. The van der Waals surface area contributed by atoms with Crippen LogP contribution < -0.4 is 10.1 Å². The van der Waals surface area contributed by atoms with Gasteiger partial charge in [-0.1, -0.05) is 28.1 Å². The van der Waals surface area contributed by atoms with E-state index in [9.17, 15) is 0 Å². The standard InChI is InChI=1S/C18H20BrNO/c1-12-3-4-13(2)18(9-12)21-17-8-5-15(19)10-14(17)11-20-16-6-7-16/h3-5,8-10,16,20H,6-7,11H2,1-2H3. The van der Waals surface area contributed by atoms with Crippen LogP contribution >= 0.6 is 15.9 Å². The number of aryl methyl sites for hydroxylation is 2. The Balaban J connectivity index is 1.84. The molecule has 0 heterocycles. The minimum absolute atomic E-state index is 0.692. The first-order valence-electron chi connectivity index (χ1n) is 7.39. The summed E-state index contributed by atoms with van der Waals surface area (Å²) in [6.45, 7) is 5.02. The van der Waals surface area contributed by atoms with E-state index in [0.717, 1.165) is 28.1 Å². The first-order chi connectivity index (χ1) is 10.1. The third-order valence-corrected chi connectivity index (χ3v) is 4.24. The van der Waals surface area contributed by atoms with Crippen LogP contribution in [0.5, 0.6) is 11.5 Å². The maximum absolute atomic E-state index is 6.17. The summed E-state index contributed by atoms with van der Waals surface area (Å²) in [5, 5.41) is 3.55. The second-order valence-corrected chi connectivity index (χ2v) is 6.69. The zero-order chi connectivity index (χ0) is 14.8. The summed E-state index contributed by atoms with van der Waals surface area (Å²) in [5.74, 6) is 1.87. The van der Waals surface area contributed by atoms with E-state index in [0.29, 0.717) is 6.04 Å². The van der Waals surface area contributed by atoms with E-state index in [1.807, 2.05) is 12.1 Å². The zero-order valence-corrected chi connectivity index (χ0v) is 14.0. The van der Waals surface area contributed by atoms with Gasteiger partial charge in [0.25, 0.3) is 0 Å². The van der Waals surface area contributed by atoms with Crippen molar-refractivity contribution < 1.29 is 4.74 Å². The van der Waals surface area contributed by atoms with Gasteiger partial charge in [-0.25, -0.2) is 0 Å². The van der Waals surface area contributed by atoms with E-state index in [2.05, 4.69) is 59.4 Å². The molecule has 0 radical (unpaired) electrons. The first-order valence-corrected chi connectivity index (χ1v) is 8.18. The molecule has 0 bridgehead atoms. The smallest absolute Gasteiger partial charge is 0.132 e. The molecule has 3 heteroatoms. The van der Waals surface area contributed by atoms with Gasteiger partial charge in [-0.3, -0.25) is 0 Å². The topological polar surface area (TPSA) is 21.3 Å². The quantitative estimate of drug-likeness (QED) is 0.812. The number of hydrogen-bond acceptors (Lipinski definition) is 2. The van der Waals surface area contributed by atoms with E-state index >= 15 is 0 Å². The molecule has 0 saturated heterocycles. The molecule has 0 spiro atoms. The Labute approximate surface area is 134 Å². The average molecular weight is 346 g/mol. The van der Waals surface area contributed by atoms with Crippen molar-refractivity contribution >= 4 is 15.9 Å². The highest BCUT2D eigenvalue weighted by atomic mass is 79.9. The van der Waals surface area contributed by atoms with E-state index in [4.69, 9.17) is 4.74 Å². The lowest BCUT2D eigenvalue weighted by Gasteiger charge is -2.14. The van der Waals surface area contributed by atoms with Crippen LogP contribution in [0.1, 0.15) is 29.5 Å². The molecule has 110 valence electrons. The fraction of sp³-hybridized carbons (Fsp3) is 0.333. The minimum Gasteiger partial charge on any atom is -0.457 e. The van der Waals surface area contributed by atoms with Crippen molar-refractivity contribution in [3.05, 3.63) is 57.6 Å². The Morgan fingerprint density at radius 1 is 1.10 bits per heavy atom. The van der Waals surface area contributed by atoms with Crippen LogP contribution in [0.3, 0.4) is 0 Å². The van der Waals surface area contributed by atoms with Gasteiger partial charge in [0.2, 0.25) is 0 Å². The lowest BCUT2D eigenvalue weighted by molar-refractivity contribution is 0.468. The van der Waals surface area contributed by atoms with Gasteiger partial charge in [-0.2, -0.15) is 0 Å². The van der Waals surface area contributed by atoms with Crippen LogP contribution in [-0.2, 0) is 6.54 Å². The summed E-state index contributed by atoms with van der Waals surface area (Å²) in [6.07, 6.45) is 2.59. The van der Waals surface area contributed by atoms with E-state index in [-0.39, 0.29) is 0 Å². The normalized spacial score (nSPS) is 14.2. The van der Waals surface area contributed by atoms with Crippen LogP contribution in [0.2, 0.25) is 0 Å². The van der Waals surface area contributed by atoms with Gasteiger partial charge in [0.15, 0.2) is 0 Å². The van der Waals surface area contributed by atoms with Gasteiger partial charge in [0.1, 0.15) is 11.5 Å². The van der Waals surface area contributed by atoms with Crippen LogP contribution in [0.15, 0.2) is 40.9 Å². The first kappa shape index (κ1) is 14.6. The van der Waals surface area contributed by atoms with Gasteiger partial charge >= 0.3 is 0 Å². The number of rotatable bonds is 5. The monoisotopic (exact) mass is 345 g/mol. The molecular formula is C18H20BrNO. The highest BCUT2D eigenvalue weighted by molar-refractivity contribution is 9.10. The molecule has 2 aromatic carbocycles. The molecule has 1 aliphatic rings. The predicted molar refractivity (Wildman–Crippen MR) is 90.0 cm³/mol. The van der Waals surface area contributed by atoms with E-state index < -0.39 is 0 Å². The molecule has 21 heavy (non-hydrogen) atoms. The minimum atomic E-state index is 0.692. The van der Waals surface area contributed by atoms with Crippen LogP contribution in [0.4, 0.5) is 0 Å². The molecule has 2 aromatic rings. The van der Waals surface area contributed by atoms with Crippen molar-refractivity contribution in [2.45, 2.75) is 39.3 Å². The van der Waals surface area contributed by atoms with Gasteiger partial charge in [-0.15, -0.1) is 0 Å². The van der Waals surface area contributed by atoms with Crippen LogP contribution in [-0.4, -0.2) is 6.04 Å². The lowest BCUT2D eigenvalue weighted by Crippen LogP contribution is -2.15. The van der Waals surface area contributed by atoms with Gasteiger partial charge in [0.05, 0.1) is 0 Å². The van der Waals surface area contributed by atoms with Crippen LogP contribution in [0, 0.1) is 13.8 Å². The number of halogens is 1. The van der Waals surface area contributed by atoms with Crippen molar-refractivity contribution in [3.63, 3.8) is 0 Å². The van der Waals surface area contributed by atoms with Crippen molar-refractivity contribution in [1.82, 2.24) is 5.32 Å². The van der Waals surface area contributed by atoms with Gasteiger partial charge in [-0.05, 0) is 62.1 Å². The Bertz CT molecular complexity index is 650. The molecule has 3 rings (SSSR count). The molecule has 0 aromatic heterocycles. The second kappa shape index (κ2) is 6.20. The largest absolute Gasteiger partial charge is 0.457 e. The van der Waals surface area contributed by atoms with Crippen molar-refractivity contribution in [1.29, 1.82) is 0 Å². The Kier molecular flexibility index (Phi) is 4.32. The number of hydrogen-bond donors (Lipinski definition) is 1. The maximum Gasteiger partial charge on any atom is 0.132 e. The molecule has 1 aliphatic carbocycles. The Hall–Kier alpha value is -1.32. The summed E-state index contributed by atoms with van der Waals surface area (Å²) in [6, 6.07) is 13.2. The van der Waals surface area contributed by atoms with Crippen molar-refractivity contribution in [3.8, 4) is 11.5 Å². The zero-order valence-electron chi connectivity index (χ0n) is 12.4.